The third-order valence-electron chi connectivity index (χ3n) is 3.83. The Morgan fingerprint density at radius 3 is 2.25 bits per heavy atom. The van der Waals surface area contributed by atoms with Crippen LogP contribution in [-0.2, 0) is 11.0 Å². The summed E-state index contributed by atoms with van der Waals surface area (Å²) in [6.45, 7) is -1.59. The van der Waals surface area contributed by atoms with Gasteiger partial charge in [-0.25, -0.2) is 0 Å². The van der Waals surface area contributed by atoms with Gasteiger partial charge < -0.3 is 10.0 Å². The highest BCUT2D eigenvalue weighted by atomic mass is 19.4. The van der Waals surface area contributed by atoms with E-state index in [9.17, 15) is 31.1 Å². The number of nitriles is 1. The van der Waals surface area contributed by atoms with Crippen molar-refractivity contribution in [1.29, 1.82) is 5.26 Å². The molecule has 0 saturated carbocycles. The standard InChI is InChI=1S/C14H10F6N2O2/c15-13(16,17)9-3-7(4-21)1-2-11(9)22-5-8(12(23)24)10(6-22)14(18,19)20/h1-3,8,10H,5-6H2,(H,23,24)/t8-,10-/m1/s1. The van der Waals surface area contributed by atoms with Gasteiger partial charge in [0, 0.05) is 18.8 Å². The van der Waals surface area contributed by atoms with Crippen molar-refractivity contribution in [2.24, 2.45) is 11.8 Å². The van der Waals surface area contributed by atoms with Crippen LogP contribution in [0.25, 0.3) is 0 Å². The van der Waals surface area contributed by atoms with Gasteiger partial charge in [0.1, 0.15) is 0 Å². The van der Waals surface area contributed by atoms with Gasteiger partial charge in [-0.05, 0) is 18.2 Å². The molecule has 0 aliphatic carbocycles. The molecule has 2 rings (SSSR count). The molecule has 0 aromatic heterocycles. The Morgan fingerprint density at radius 2 is 1.83 bits per heavy atom. The van der Waals surface area contributed by atoms with Crippen molar-refractivity contribution in [3.63, 3.8) is 0 Å². The maximum absolute atomic E-state index is 13.1. The number of carboxylic acids is 1. The van der Waals surface area contributed by atoms with Gasteiger partial charge in [-0.2, -0.15) is 31.6 Å². The van der Waals surface area contributed by atoms with Crippen molar-refractivity contribution in [1.82, 2.24) is 0 Å². The lowest BCUT2D eigenvalue weighted by molar-refractivity contribution is -0.187. The molecule has 0 unspecified atom stereocenters. The van der Waals surface area contributed by atoms with Gasteiger partial charge in [-0.15, -0.1) is 0 Å². The molecule has 24 heavy (non-hydrogen) atoms. The van der Waals surface area contributed by atoms with E-state index in [1.54, 1.807) is 0 Å². The molecule has 1 fully saturated rings. The monoisotopic (exact) mass is 352 g/mol. The summed E-state index contributed by atoms with van der Waals surface area (Å²) >= 11 is 0. The van der Waals surface area contributed by atoms with E-state index in [1.165, 1.54) is 6.07 Å². The lowest BCUT2D eigenvalue weighted by Gasteiger charge is -2.23. The van der Waals surface area contributed by atoms with Crippen LogP contribution in [-0.4, -0.2) is 30.3 Å². The van der Waals surface area contributed by atoms with Gasteiger partial charge in [0.25, 0.3) is 0 Å². The Hall–Kier alpha value is -2.44. The number of nitrogens with zero attached hydrogens (tertiary/aromatic N) is 2. The van der Waals surface area contributed by atoms with Crippen LogP contribution in [0, 0.1) is 23.2 Å². The fourth-order valence-corrected chi connectivity index (χ4v) is 2.69. The van der Waals surface area contributed by atoms with Gasteiger partial charge in [0.05, 0.1) is 29.0 Å². The van der Waals surface area contributed by atoms with Crippen LogP contribution in [0.1, 0.15) is 11.1 Å². The van der Waals surface area contributed by atoms with Crippen LogP contribution in [0.5, 0.6) is 0 Å². The van der Waals surface area contributed by atoms with E-state index in [2.05, 4.69) is 0 Å². The number of carboxylic acid groups (broad SMARTS) is 1. The molecule has 2 atom stereocenters. The van der Waals surface area contributed by atoms with E-state index in [-0.39, 0.29) is 5.56 Å². The highest BCUT2D eigenvalue weighted by Gasteiger charge is 2.53. The van der Waals surface area contributed by atoms with Crippen molar-refractivity contribution in [3.05, 3.63) is 29.3 Å². The molecule has 1 heterocycles. The number of carbonyl (C=O) groups is 1. The number of benzene rings is 1. The van der Waals surface area contributed by atoms with E-state index >= 15 is 0 Å². The van der Waals surface area contributed by atoms with Crippen LogP contribution in [0.15, 0.2) is 18.2 Å². The van der Waals surface area contributed by atoms with E-state index in [0.29, 0.717) is 6.07 Å². The summed E-state index contributed by atoms with van der Waals surface area (Å²) in [5, 5.41) is 17.6. The topological polar surface area (TPSA) is 64.3 Å². The Labute approximate surface area is 131 Å². The summed E-state index contributed by atoms with van der Waals surface area (Å²) < 4.78 is 78.3. The molecule has 0 bridgehead atoms. The molecule has 1 aromatic carbocycles. The third-order valence-corrected chi connectivity index (χ3v) is 3.83. The quantitative estimate of drug-likeness (QED) is 0.830. The molecule has 10 heteroatoms. The fraction of sp³-hybridized carbons (Fsp3) is 0.429. The molecule has 1 N–H and O–H groups in total. The van der Waals surface area contributed by atoms with Crippen molar-refractivity contribution in [2.75, 3.05) is 18.0 Å². The molecule has 1 saturated heterocycles. The lowest BCUT2D eigenvalue weighted by Crippen LogP contribution is -2.33. The van der Waals surface area contributed by atoms with Crippen molar-refractivity contribution < 1.29 is 36.2 Å². The van der Waals surface area contributed by atoms with Gasteiger partial charge in [0.15, 0.2) is 0 Å². The van der Waals surface area contributed by atoms with Crippen LogP contribution >= 0.6 is 0 Å². The summed E-state index contributed by atoms with van der Waals surface area (Å²) in [6, 6.07) is 3.99. The zero-order valence-corrected chi connectivity index (χ0v) is 11.8. The molecule has 0 amide bonds. The number of hydrogen-bond donors (Lipinski definition) is 1. The second-order valence-corrected chi connectivity index (χ2v) is 5.34. The summed E-state index contributed by atoms with van der Waals surface area (Å²) in [4.78, 5) is 11.8. The minimum Gasteiger partial charge on any atom is -0.481 e. The van der Waals surface area contributed by atoms with Crippen LogP contribution < -0.4 is 4.90 Å². The van der Waals surface area contributed by atoms with E-state index in [4.69, 9.17) is 10.4 Å². The average molecular weight is 352 g/mol. The summed E-state index contributed by atoms with van der Waals surface area (Å²) in [7, 11) is 0. The lowest BCUT2D eigenvalue weighted by atomic mass is 9.96. The predicted molar refractivity (Wildman–Crippen MR) is 69.0 cm³/mol. The molecule has 1 aromatic rings. The summed E-state index contributed by atoms with van der Waals surface area (Å²) in [5.74, 6) is -5.85. The number of anilines is 1. The first-order valence-electron chi connectivity index (χ1n) is 6.61. The van der Waals surface area contributed by atoms with Gasteiger partial charge >= 0.3 is 18.3 Å². The molecule has 1 aliphatic heterocycles. The van der Waals surface area contributed by atoms with Crippen molar-refractivity contribution >= 4 is 11.7 Å². The normalized spacial score (nSPS) is 21.6. The Morgan fingerprint density at radius 1 is 1.21 bits per heavy atom. The highest BCUT2D eigenvalue weighted by Crippen LogP contribution is 2.43. The summed E-state index contributed by atoms with van der Waals surface area (Å²) in [5.41, 5.74) is -2.14. The van der Waals surface area contributed by atoms with Crippen molar-refractivity contribution in [3.8, 4) is 6.07 Å². The second kappa shape index (κ2) is 5.89. The molecular formula is C14H10F6N2O2. The fourth-order valence-electron chi connectivity index (χ4n) is 2.69. The van der Waals surface area contributed by atoms with E-state index < -0.39 is 54.5 Å². The average Bonchev–Trinajstić information content (AvgIpc) is 2.91. The zero-order chi connectivity index (χ0) is 18.3. The minimum absolute atomic E-state index is 0.299. The first kappa shape index (κ1) is 17.9. The zero-order valence-electron chi connectivity index (χ0n) is 11.8. The number of rotatable bonds is 2. The maximum atomic E-state index is 13.1. The third kappa shape index (κ3) is 3.39. The largest absolute Gasteiger partial charge is 0.481 e. The Balaban J connectivity index is 2.46. The highest BCUT2D eigenvalue weighted by molar-refractivity contribution is 5.73. The molecule has 1 aliphatic rings. The number of alkyl halides is 6. The smallest absolute Gasteiger partial charge is 0.418 e. The van der Waals surface area contributed by atoms with Gasteiger partial charge in [0.2, 0.25) is 0 Å². The Kier molecular flexibility index (Phi) is 4.39. The number of hydrogen-bond acceptors (Lipinski definition) is 3. The molecule has 0 radical (unpaired) electrons. The predicted octanol–water partition coefficient (Wildman–Crippen LogP) is 3.28. The SMILES string of the molecule is N#Cc1ccc(N2C[C@@H](C(F)(F)F)[C@H](C(=O)O)C2)c(C(F)(F)F)c1. The summed E-state index contributed by atoms with van der Waals surface area (Å²) in [6.07, 6.45) is -9.74. The number of aliphatic carboxylic acids is 1. The van der Waals surface area contributed by atoms with Crippen molar-refractivity contribution in [2.45, 2.75) is 12.4 Å². The van der Waals surface area contributed by atoms with Crippen LogP contribution in [0.4, 0.5) is 32.0 Å². The molecule has 4 nitrogen and oxygen atoms in total. The minimum atomic E-state index is -4.89. The molecular weight excluding hydrogens is 342 g/mol. The molecule has 0 spiro atoms. The van der Waals surface area contributed by atoms with Crippen LogP contribution in [0.2, 0.25) is 0 Å². The molecule has 130 valence electrons. The van der Waals surface area contributed by atoms with E-state index in [0.717, 1.165) is 17.0 Å². The van der Waals surface area contributed by atoms with Crippen LogP contribution in [0.3, 0.4) is 0 Å². The maximum Gasteiger partial charge on any atom is 0.418 e. The second-order valence-electron chi connectivity index (χ2n) is 5.34. The number of halogens is 6. The van der Waals surface area contributed by atoms with Gasteiger partial charge in [-0.1, -0.05) is 0 Å². The van der Waals surface area contributed by atoms with E-state index in [1.807, 2.05) is 0 Å². The first-order chi connectivity index (χ1) is 10.9. The Bertz CT molecular complexity index is 692. The van der Waals surface area contributed by atoms with Gasteiger partial charge in [-0.3, -0.25) is 4.79 Å². The first-order valence-corrected chi connectivity index (χ1v) is 6.61.